The first-order valence-electron chi connectivity index (χ1n) is 33.7. The van der Waals surface area contributed by atoms with E-state index < -0.39 is 6.10 Å². The minimum atomic E-state index is -0.768. The zero-order chi connectivity index (χ0) is 53.6. The maximum Gasteiger partial charge on any atom is 0.306 e. The molecule has 0 aromatic heterocycles. The van der Waals surface area contributed by atoms with Crippen molar-refractivity contribution in [2.45, 2.75) is 393 Å². The van der Waals surface area contributed by atoms with Crippen molar-refractivity contribution < 1.29 is 28.6 Å². The number of carbonyl (C=O) groups is 3. The van der Waals surface area contributed by atoms with Gasteiger partial charge in [-0.15, -0.1) is 0 Å². The molecule has 1 unspecified atom stereocenters. The molecule has 0 aromatic rings. The molecule has 0 fully saturated rings. The third-order valence-corrected chi connectivity index (χ3v) is 15.5. The third-order valence-electron chi connectivity index (χ3n) is 15.5. The lowest BCUT2D eigenvalue weighted by atomic mass is 10.0. The molecule has 0 bridgehead atoms. The summed E-state index contributed by atoms with van der Waals surface area (Å²) >= 11 is 0. The van der Waals surface area contributed by atoms with E-state index in [1.54, 1.807) is 0 Å². The first-order chi connectivity index (χ1) is 36.5. The average Bonchev–Trinajstić information content (AvgIpc) is 3.40. The molecule has 0 amide bonds. The van der Waals surface area contributed by atoms with Crippen molar-refractivity contribution in [3.05, 3.63) is 12.2 Å². The Kier molecular flexibility index (Phi) is 62.1. The van der Waals surface area contributed by atoms with Crippen LogP contribution in [0.5, 0.6) is 0 Å². The Bertz CT molecular complexity index is 1150. The molecule has 0 aliphatic carbocycles. The number of ether oxygens (including phenoxy) is 3. The van der Waals surface area contributed by atoms with Gasteiger partial charge < -0.3 is 14.2 Å². The molecule has 0 rings (SSSR count). The lowest BCUT2D eigenvalue weighted by Gasteiger charge is -2.18. The number of hydrogen-bond acceptors (Lipinski definition) is 6. The van der Waals surface area contributed by atoms with Crippen LogP contribution < -0.4 is 0 Å². The maximum atomic E-state index is 12.9. The van der Waals surface area contributed by atoms with E-state index in [0.29, 0.717) is 19.3 Å². The van der Waals surface area contributed by atoms with Crippen molar-refractivity contribution in [2.75, 3.05) is 13.2 Å². The quantitative estimate of drug-likeness (QED) is 0.0261. The summed E-state index contributed by atoms with van der Waals surface area (Å²) in [4.78, 5) is 38.2. The molecule has 6 nitrogen and oxygen atoms in total. The molecule has 74 heavy (non-hydrogen) atoms. The van der Waals surface area contributed by atoms with E-state index in [0.717, 1.165) is 64.2 Å². The minimum absolute atomic E-state index is 0.0664. The van der Waals surface area contributed by atoms with Crippen LogP contribution in [0, 0.1) is 0 Å². The van der Waals surface area contributed by atoms with Gasteiger partial charge in [0.15, 0.2) is 6.10 Å². The molecule has 0 heterocycles. The van der Waals surface area contributed by atoms with E-state index in [4.69, 9.17) is 14.2 Å². The first kappa shape index (κ1) is 72.2. The lowest BCUT2D eigenvalue weighted by molar-refractivity contribution is -0.167. The summed E-state index contributed by atoms with van der Waals surface area (Å²) in [6.07, 6.45) is 75.4. The molecule has 0 aliphatic heterocycles. The predicted molar refractivity (Wildman–Crippen MR) is 321 cm³/mol. The summed E-state index contributed by atoms with van der Waals surface area (Å²) in [7, 11) is 0. The van der Waals surface area contributed by atoms with Gasteiger partial charge in [-0.1, -0.05) is 335 Å². The predicted octanol–water partition coefficient (Wildman–Crippen LogP) is 22.8. The van der Waals surface area contributed by atoms with E-state index in [1.807, 2.05) is 0 Å². The van der Waals surface area contributed by atoms with Crippen LogP contribution >= 0.6 is 0 Å². The molecule has 0 saturated heterocycles. The summed E-state index contributed by atoms with van der Waals surface area (Å²) in [5.41, 5.74) is 0. The summed E-state index contributed by atoms with van der Waals surface area (Å²) in [5, 5.41) is 0. The lowest BCUT2D eigenvalue weighted by Crippen LogP contribution is -2.30. The second-order valence-corrected chi connectivity index (χ2v) is 23.1. The number of unbranched alkanes of at least 4 members (excludes halogenated alkanes) is 50. The van der Waals surface area contributed by atoms with Crippen molar-refractivity contribution in [3.63, 3.8) is 0 Å². The monoisotopic (exact) mass is 1040 g/mol. The summed E-state index contributed by atoms with van der Waals surface area (Å²) in [6.45, 7) is 6.68. The molecule has 0 aliphatic rings. The molecule has 0 N–H and O–H groups in total. The van der Waals surface area contributed by atoms with Crippen LogP contribution in [-0.4, -0.2) is 37.2 Å². The van der Waals surface area contributed by atoms with Crippen molar-refractivity contribution in [1.82, 2.24) is 0 Å². The van der Waals surface area contributed by atoms with Gasteiger partial charge in [0, 0.05) is 19.3 Å². The Balaban J connectivity index is 4.04. The molecule has 0 aromatic carbocycles. The van der Waals surface area contributed by atoms with Gasteiger partial charge in [-0.2, -0.15) is 0 Å². The Morgan fingerprint density at radius 3 is 0.703 bits per heavy atom. The van der Waals surface area contributed by atoms with E-state index >= 15 is 0 Å². The van der Waals surface area contributed by atoms with Gasteiger partial charge in [-0.25, -0.2) is 0 Å². The summed E-state index contributed by atoms with van der Waals surface area (Å²) < 4.78 is 16.9. The van der Waals surface area contributed by atoms with Crippen molar-refractivity contribution in [2.24, 2.45) is 0 Å². The van der Waals surface area contributed by atoms with E-state index in [-0.39, 0.29) is 31.1 Å². The van der Waals surface area contributed by atoms with Crippen LogP contribution in [0.3, 0.4) is 0 Å². The highest BCUT2D eigenvalue weighted by Crippen LogP contribution is 2.19. The van der Waals surface area contributed by atoms with E-state index in [2.05, 4.69) is 32.9 Å². The minimum Gasteiger partial charge on any atom is -0.462 e. The van der Waals surface area contributed by atoms with Crippen LogP contribution in [0.25, 0.3) is 0 Å². The number of hydrogen-bond donors (Lipinski definition) is 0. The Morgan fingerprint density at radius 1 is 0.257 bits per heavy atom. The zero-order valence-electron chi connectivity index (χ0n) is 50.4. The number of rotatable bonds is 63. The van der Waals surface area contributed by atoms with Crippen molar-refractivity contribution in [3.8, 4) is 0 Å². The Labute approximate surface area is 462 Å². The van der Waals surface area contributed by atoms with Crippen LogP contribution in [-0.2, 0) is 28.6 Å². The standard InChI is InChI=1S/C68H130O6/c1-4-7-10-13-16-19-22-25-26-27-28-29-30-31-32-33-34-35-36-37-38-39-40-41-42-44-46-49-52-55-58-61-67(70)73-64-65(63-72-66(69)60-57-54-51-48-45-24-21-18-15-12-9-6-3)74-68(71)62-59-56-53-50-47-43-23-20-17-14-11-8-5-2/h18,21,65H,4-17,19-20,22-64H2,1-3H3/b21-18-. The van der Waals surface area contributed by atoms with Gasteiger partial charge in [0.2, 0.25) is 0 Å². The second-order valence-electron chi connectivity index (χ2n) is 23.1. The number of allylic oxidation sites excluding steroid dienone is 2. The number of esters is 3. The van der Waals surface area contributed by atoms with Crippen molar-refractivity contribution >= 4 is 17.9 Å². The maximum absolute atomic E-state index is 12.9. The van der Waals surface area contributed by atoms with Gasteiger partial charge in [-0.3, -0.25) is 14.4 Å². The smallest absolute Gasteiger partial charge is 0.306 e. The fourth-order valence-corrected chi connectivity index (χ4v) is 10.4. The molecular weight excluding hydrogens is 913 g/mol. The third kappa shape index (κ3) is 61.0. The van der Waals surface area contributed by atoms with Crippen molar-refractivity contribution in [1.29, 1.82) is 0 Å². The van der Waals surface area contributed by atoms with Gasteiger partial charge in [0.05, 0.1) is 0 Å². The molecule has 0 spiro atoms. The highest BCUT2D eigenvalue weighted by atomic mass is 16.6. The largest absolute Gasteiger partial charge is 0.462 e. The van der Waals surface area contributed by atoms with Crippen LogP contribution in [0.2, 0.25) is 0 Å². The van der Waals surface area contributed by atoms with Gasteiger partial charge in [0.25, 0.3) is 0 Å². The molecule has 438 valence electrons. The molecule has 6 heteroatoms. The fraction of sp³-hybridized carbons (Fsp3) is 0.926. The summed E-state index contributed by atoms with van der Waals surface area (Å²) in [6, 6.07) is 0. The highest BCUT2D eigenvalue weighted by molar-refractivity contribution is 5.71. The first-order valence-corrected chi connectivity index (χ1v) is 33.7. The zero-order valence-corrected chi connectivity index (χ0v) is 50.4. The molecule has 0 radical (unpaired) electrons. The van der Waals surface area contributed by atoms with Crippen LogP contribution in [0.4, 0.5) is 0 Å². The van der Waals surface area contributed by atoms with E-state index in [9.17, 15) is 14.4 Å². The van der Waals surface area contributed by atoms with E-state index in [1.165, 1.54) is 283 Å². The average molecular weight is 1040 g/mol. The second kappa shape index (κ2) is 63.7. The van der Waals surface area contributed by atoms with Crippen LogP contribution in [0.15, 0.2) is 12.2 Å². The Morgan fingerprint density at radius 2 is 0.446 bits per heavy atom. The Hall–Kier alpha value is -1.85. The van der Waals surface area contributed by atoms with Gasteiger partial charge in [-0.05, 0) is 44.9 Å². The SMILES string of the molecule is CCCCC/C=C\CCCCCCCC(=O)OCC(COC(=O)CCCCCCCCCCCCCCCCCCCCCCCCCCCCCCCCC)OC(=O)CCCCCCCCCCCCCCC. The fourth-order valence-electron chi connectivity index (χ4n) is 10.4. The molecule has 0 saturated carbocycles. The molecular formula is C68H130O6. The van der Waals surface area contributed by atoms with Crippen LogP contribution in [0.1, 0.15) is 387 Å². The number of carbonyl (C=O) groups excluding carboxylic acids is 3. The normalized spacial score (nSPS) is 12.0. The van der Waals surface area contributed by atoms with Gasteiger partial charge >= 0.3 is 17.9 Å². The molecule has 1 atom stereocenters. The van der Waals surface area contributed by atoms with Gasteiger partial charge in [0.1, 0.15) is 13.2 Å². The summed E-state index contributed by atoms with van der Waals surface area (Å²) in [5.74, 6) is -0.849. The topological polar surface area (TPSA) is 78.9 Å². The highest BCUT2D eigenvalue weighted by Gasteiger charge is 2.19.